The second-order valence-corrected chi connectivity index (χ2v) is 4.42. The second kappa shape index (κ2) is 5.29. The fourth-order valence-electron chi connectivity index (χ4n) is 2.10. The van der Waals surface area contributed by atoms with Gasteiger partial charge in [0.2, 0.25) is 0 Å². The van der Waals surface area contributed by atoms with E-state index >= 15 is 0 Å². The van der Waals surface area contributed by atoms with Gasteiger partial charge in [-0.2, -0.15) is 0 Å². The van der Waals surface area contributed by atoms with E-state index in [4.69, 9.17) is 0 Å². The molecule has 0 aliphatic carbocycles. The molecule has 1 heterocycles. The van der Waals surface area contributed by atoms with E-state index in [1.165, 1.54) is 38.2 Å². The van der Waals surface area contributed by atoms with Crippen LogP contribution in [-0.4, -0.2) is 43.0 Å². The Bertz CT molecular complexity index is 284. The Morgan fingerprint density at radius 1 is 1.00 bits per heavy atom. The summed E-state index contributed by atoms with van der Waals surface area (Å²) in [7, 11) is 2.21. The van der Waals surface area contributed by atoms with Gasteiger partial charge in [-0.15, -0.1) is 0 Å². The van der Waals surface area contributed by atoms with Gasteiger partial charge in [-0.05, 0) is 32.1 Å². The highest BCUT2D eigenvalue weighted by molar-refractivity contribution is 5.14. The Balaban J connectivity index is 1.89. The van der Waals surface area contributed by atoms with E-state index in [0.717, 1.165) is 6.54 Å². The molecule has 0 saturated carbocycles. The molecule has 0 aromatic heterocycles. The van der Waals surface area contributed by atoms with E-state index in [0.29, 0.717) is 0 Å². The summed E-state index contributed by atoms with van der Waals surface area (Å²) in [6, 6.07) is 10.8. The first-order valence-electron chi connectivity index (χ1n) is 5.79. The van der Waals surface area contributed by atoms with Gasteiger partial charge in [-0.3, -0.25) is 4.90 Å². The minimum Gasteiger partial charge on any atom is -0.305 e. The minimum absolute atomic E-state index is 1.11. The standard InChI is InChI=1S/C13H20N2/c1-14-8-5-9-15(11-10-14)12-13-6-3-2-4-7-13/h2-4,6-7H,5,8-12H2,1H3. The molecular formula is C13H20N2. The Labute approximate surface area is 92.5 Å². The number of likely N-dealkylation sites (N-methyl/N-ethyl adjacent to an activating group) is 1. The van der Waals surface area contributed by atoms with Gasteiger partial charge in [0.25, 0.3) is 0 Å². The molecule has 2 nitrogen and oxygen atoms in total. The second-order valence-electron chi connectivity index (χ2n) is 4.42. The zero-order valence-electron chi connectivity index (χ0n) is 9.52. The maximum Gasteiger partial charge on any atom is 0.0234 e. The van der Waals surface area contributed by atoms with Gasteiger partial charge in [0, 0.05) is 19.6 Å². The molecule has 2 heteroatoms. The number of benzene rings is 1. The van der Waals surface area contributed by atoms with E-state index in [1.54, 1.807) is 0 Å². The van der Waals surface area contributed by atoms with Crippen LogP contribution in [0.4, 0.5) is 0 Å². The summed E-state index contributed by atoms with van der Waals surface area (Å²) in [5.74, 6) is 0. The Morgan fingerprint density at radius 2 is 1.80 bits per heavy atom. The van der Waals surface area contributed by atoms with Crippen molar-refractivity contribution in [2.45, 2.75) is 13.0 Å². The van der Waals surface area contributed by atoms with E-state index in [1.807, 2.05) is 0 Å². The molecule has 0 atom stereocenters. The molecule has 82 valence electrons. The van der Waals surface area contributed by atoms with Gasteiger partial charge in [-0.25, -0.2) is 0 Å². The molecule has 1 fully saturated rings. The third-order valence-corrected chi connectivity index (χ3v) is 3.06. The van der Waals surface area contributed by atoms with Crippen LogP contribution < -0.4 is 0 Å². The van der Waals surface area contributed by atoms with Gasteiger partial charge < -0.3 is 4.90 Å². The Hall–Kier alpha value is -0.860. The average Bonchev–Trinajstić information content (AvgIpc) is 2.46. The number of hydrogen-bond acceptors (Lipinski definition) is 2. The summed E-state index contributed by atoms with van der Waals surface area (Å²) in [5, 5.41) is 0. The molecule has 0 radical (unpaired) electrons. The topological polar surface area (TPSA) is 6.48 Å². The maximum absolute atomic E-state index is 2.55. The van der Waals surface area contributed by atoms with Crippen molar-refractivity contribution in [2.24, 2.45) is 0 Å². The Kier molecular flexibility index (Phi) is 3.75. The summed E-state index contributed by atoms with van der Waals surface area (Å²) < 4.78 is 0. The average molecular weight is 204 g/mol. The first-order valence-corrected chi connectivity index (χ1v) is 5.79. The molecule has 1 aliphatic heterocycles. The molecule has 1 aliphatic rings. The third-order valence-electron chi connectivity index (χ3n) is 3.06. The molecule has 1 aromatic rings. The lowest BCUT2D eigenvalue weighted by Gasteiger charge is -2.19. The van der Waals surface area contributed by atoms with Crippen LogP contribution in [0.1, 0.15) is 12.0 Å². The molecule has 0 N–H and O–H groups in total. The highest BCUT2D eigenvalue weighted by Crippen LogP contribution is 2.07. The van der Waals surface area contributed by atoms with E-state index in [2.05, 4.69) is 47.2 Å². The molecule has 1 saturated heterocycles. The molecule has 0 spiro atoms. The molecule has 2 rings (SSSR count). The lowest BCUT2D eigenvalue weighted by Crippen LogP contribution is -2.28. The first-order chi connectivity index (χ1) is 7.34. The SMILES string of the molecule is CN1CCCN(Cc2ccccc2)CC1. The lowest BCUT2D eigenvalue weighted by atomic mass is 10.2. The minimum atomic E-state index is 1.11. The fraction of sp³-hybridized carbons (Fsp3) is 0.538. The molecule has 0 amide bonds. The predicted molar refractivity (Wildman–Crippen MR) is 63.8 cm³/mol. The number of nitrogens with zero attached hydrogens (tertiary/aromatic N) is 2. The zero-order valence-corrected chi connectivity index (χ0v) is 9.52. The van der Waals surface area contributed by atoms with Gasteiger partial charge in [0.1, 0.15) is 0 Å². The van der Waals surface area contributed by atoms with Crippen molar-refractivity contribution in [1.82, 2.24) is 9.80 Å². The highest BCUT2D eigenvalue weighted by Gasteiger charge is 2.11. The summed E-state index contributed by atoms with van der Waals surface area (Å²) in [5.41, 5.74) is 1.43. The van der Waals surface area contributed by atoms with Crippen LogP contribution in [0.3, 0.4) is 0 Å². The van der Waals surface area contributed by atoms with Crippen LogP contribution in [0.2, 0.25) is 0 Å². The van der Waals surface area contributed by atoms with Crippen molar-refractivity contribution < 1.29 is 0 Å². The van der Waals surface area contributed by atoms with E-state index in [9.17, 15) is 0 Å². The third kappa shape index (κ3) is 3.33. The molecular weight excluding hydrogens is 184 g/mol. The van der Waals surface area contributed by atoms with Crippen LogP contribution in [0.15, 0.2) is 30.3 Å². The van der Waals surface area contributed by atoms with Crippen molar-refractivity contribution >= 4 is 0 Å². The zero-order chi connectivity index (χ0) is 10.5. The van der Waals surface area contributed by atoms with Crippen LogP contribution in [0.25, 0.3) is 0 Å². The lowest BCUT2D eigenvalue weighted by molar-refractivity contribution is 0.269. The van der Waals surface area contributed by atoms with E-state index < -0.39 is 0 Å². The summed E-state index contributed by atoms with van der Waals surface area (Å²) in [6.07, 6.45) is 1.29. The van der Waals surface area contributed by atoms with E-state index in [-0.39, 0.29) is 0 Å². The predicted octanol–water partition coefficient (Wildman–Crippen LogP) is 1.82. The molecule has 0 unspecified atom stereocenters. The molecule has 1 aromatic carbocycles. The highest BCUT2D eigenvalue weighted by atomic mass is 15.2. The normalized spacial score (nSPS) is 20.1. The van der Waals surface area contributed by atoms with Crippen LogP contribution in [-0.2, 0) is 6.54 Å². The van der Waals surface area contributed by atoms with Gasteiger partial charge in [0.15, 0.2) is 0 Å². The summed E-state index contributed by atoms with van der Waals surface area (Å²) in [4.78, 5) is 4.98. The van der Waals surface area contributed by atoms with Crippen LogP contribution >= 0.6 is 0 Å². The van der Waals surface area contributed by atoms with Gasteiger partial charge >= 0.3 is 0 Å². The van der Waals surface area contributed by atoms with Crippen LogP contribution in [0.5, 0.6) is 0 Å². The molecule has 0 bridgehead atoms. The maximum atomic E-state index is 2.55. The quantitative estimate of drug-likeness (QED) is 0.725. The van der Waals surface area contributed by atoms with Crippen molar-refractivity contribution in [3.05, 3.63) is 35.9 Å². The fourth-order valence-corrected chi connectivity index (χ4v) is 2.10. The monoisotopic (exact) mass is 204 g/mol. The first kappa shape index (κ1) is 10.7. The smallest absolute Gasteiger partial charge is 0.0234 e. The van der Waals surface area contributed by atoms with Gasteiger partial charge in [0.05, 0.1) is 0 Å². The largest absolute Gasteiger partial charge is 0.305 e. The summed E-state index contributed by atoms with van der Waals surface area (Å²) in [6.45, 7) is 5.98. The van der Waals surface area contributed by atoms with Crippen molar-refractivity contribution in [1.29, 1.82) is 0 Å². The summed E-state index contributed by atoms with van der Waals surface area (Å²) >= 11 is 0. The molecule has 15 heavy (non-hydrogen) atoms. The number of rotatable bonds is 2. The van der Waals surface area contributed by atoms with Gasteiger partial charge in [-0.1, -0.05) is 30.3 Å². The van der Waals surface area contributed by atoms with Crippen molar-refractivity contribution in [3.8, 4) is 0 Å². The van der Waals surface area contributed by atoms with Crippen molar-refractivity contribution in [3.63, 3.8) is 0 Å². The Morgan fingerprint density at radius 3 is 2.60 bits per heavy atom. The number of hydrogen-bond donors (Lipinski definition) is 0. The van der Waals surface area contributed by atoms with Crippen LogP contribution in [0, 0.1) is 0 Å². The van der Waals surface area contributed by atoms with Crippen molar-refractivity contribution in [2.75, 3.05) is 33.2 Å².